The van der Waals surface area contributed by atoms with Gasteiger partial charge >= 0.3 is 5.97 Å². The summed E-state index contributed by atoms with van der Waals surface area (Å²) in [5, 5.41) is 0. The molecule has 0 heterocycles. The van der Waals surface area contributed by atoms with E-state index in [1.807, 2.05) is 6.08 Å². The minimum absolute atomic E-state index is 0. The molecule has 0 saturated carbocycles. The summed E-state index contributed by atoms with van der Waals surface area (Å²) in [7, 11) is 0. The molecule has 1 radical (unpaired) electrons. The molecule has 0 amide bonds. The van der Waals surface area contributed by atoms with Crippen molar-refractivity contribution >= 4 is 5.97 Å². The molecule has 0 aromatic carbocycles. The Labute approximate surface area is 128 Å². The molecule has 3 nitrogen and oxygen atoms in total. The van der Waals surface area contributed by atoms with E-state index < -0.39 is 5.97 Å². The van der Waals surface area contributed by atoms with Crippen LogP contribution in [0.5, 0.6) is 0 Å². The maximum absolute atomic E-state index is 11.0. The zero-order valence-electron chi connectivity index (χ0n) is 9.29. The summed E-state index contributed by atoms with van der Waals surface area (Å²) in [6.07, 6.45) is 7.26. The molecule has 0 unspecified atom stereocenters. The van der Waals surface area contributed by atoms with Gasteiger partial charge in [0.25, 0.3) is 0 Å². The predicted molar refractivity (Wildman–Crippen MR) is 57.7 cm³/mol. The smallest absolute Gasteiger partial charge is 0.315 e. The van der Waals surface area contributed by atoms with Gasteiger partial charge in [-0.3, -0.25) is 0 Å². The first-order chi connectivity index (χ1) is 6.72. The first kappa shape index (κ1) is 17.6. The third kappa shape index (κ3) is 10.5. The topological polar surface area (TPSA) is 50.1 Å². The summed E-state index contributed by atoms with van der Waals surface area (Å²) in [6.45, 7) is 5.68. The summed E-state index contributed by atoms with van der Waals surface area (Å²) >= 11 is 0. The zero-order valence-corrected chi connectivity index (χ0v) is 14.0. The fourth-order valence-electron chi connectivity index (χ4n) is 0.972. The van der Waals surface area contributed by atoms with E-state index in [1.54, 1.807) is 13.0 Å². The standard InChI is InChI=1S/C11H18NO2.Ac/c1-3-5-6-7-8-9-10(12)11(13)14-4-2;/h3,9,12H,1,4-8H2,2H3;/q-1;/b10-9-;. The second-order valence-electron chi connectivity index (χ2n) is 2.91. The first-order valence-corrected chi connectivity index (χ1v) is 4.92. The van der Waals surface area contributed by atoms with E-state index in [0.717, 1.165) is 25.7 Å². The molecule has 0 fully saturated rings. The van der Waals surface area contributed by atoms with Crippen molar-refractivity contribution in [3.63, 3.8) is 0 Å². The van der Waals surface area contributed by atoms with Crippen LogP contribution in [-0.2, 0) is 9.53 Å². The minimum Gasteiger partial charge on any atom is -0.693 e. The van der Waals surface area contributed by atoms with Gasteiger partial charge in [-0.05, 0) is 32.6 Å². The number of hydrogen-bond acceptors (Lipinski definition) is 2. The number of rotatable bonds is 7. The van der Waals surface area contributed by atoms with Crippen LogP contribution in [0.15, 0.2) is 24.4 Å². The van der Waals surface area contributed by atoms with E-state index in [-0.39, 0.29) is 49.8 Å². The van der Waals surface area contributed by atoms with Crippen LogP contribution in [0.1, 0.15) is 32.6 Å². The van der Waals surface area contributed by atoms with Gasteiger partial charge in [0.05, 0.1) is 6.61 Å². The number of carbonyl (C=O) groups is 1. The average molecular weight is 423 g/mol. The number of esters is 1. The molecule has 0 aliphatic rings. The zero-order chi connectivity index (χ0) is 10.8. The van der Waals surface area contributed by atoms with Crippen molar-refractivity contribution < 1.29 is 53.6 Å². The summed E-state index contributed by atoms with van der Waals surface area (Å²) < 4.78 is 4.67. The van der Waals surface area contributed by atoms with E-state index >= 15 is 0 Å². The number of hydrogen-bond donors (Lipinski definition) is 0. The molecule has 4 heteroatoms. The molecule has 0 rings (SSSR count). The van der Waals surface area contributed by atoms with E-state index in [4.69, 9.17) is 5.73 Å². The van der Waals surface area contributed by atoms with Crippen molar-refractivity contribution in [3.05, 3.63) is 30.2 Å². The molecule has 83 valence electrons. The normalized spacial score (nSPS) is 10.3. The fraction of sp³-hybridized carbons (Fsp3) is 0.545. The molecule has 15 heavy (non-hydrogen) atoms. The van der Waals surface area contributed by atoms with Crippen LogP contribution in [0.2, 0.25) is 0 Å². The third-order valence-electron chi connectivity index (χ3n) is 1.71. The van der Waals surface area contributed by atoms with E-state index in [9.17, 15) is 4.79 Å². The Balaban J connectivity index is 0. The van der Waals surface area contributed by atoms with Crippen molar-refractivity contribution in [3.8, 4) is 0 Å². The summed E-state index contributed by atoms with van der Waals surface area (Å²) in [4.78, 5) is 11.0. The predicted octanol–water partition coefficient (Wildman–Crippen LogP) is 3.23. The number of allylic oxidation sites excluding steroid dienone is 2. The number of ether oxygens (including phenoxy) is 1. The third-order valence-corrected chi connectivity index (χ3v) is 1.71. The Morgan fingerprint density at radius 3 is 2.53 bits per heavy atom. The van der Waals surface area contributed by atoms with Crippen LogP contribution < -0.4 is 0 Å². The van der Waals surface area contributed by atoms with Gasteiger partial charge < -0.3 is 10.5 Å². The molecular formula is C11H18AcNO2-. The Hall–Kier alpha value is 0.192. The molecule has 0 spiro atoms. The van der Waals surface area contributed by atoms with Crippen molar-refractivity contribution in [1.82, 2.24) is 0 Å². The minimum atomic E-state index is -0.531. The van der Waals surface area contributed by atoms with Crippen LogP contribution in [0.4, 0.5) is 0 Å². The molecule has 0 saturated heterocycles. The van der Waals surface area contributed by atoms with Gasteiger partial charge in [0.15, 0.2) is 0 Å². The van der Waals surface area contributed by atoms with Crippen molar-refractivity contribution in [1.29, 1.82) is 0 Å². The Bertz CT molecular complexity index is 215. The van der Waals surface area contributed by atoms with E-state index in [2.05, 4.69) is 11.3 Å². The monoisotopic (exact) mass is 423 g/mol. The molecule has 0 aromatic rings. The summed E-state index contributed by atoms with van der Waals surface area (Å²) in [5.41, 5.74) is 7.29. The molecule has 0 bridgehead atoms. The Morgan fingerprint density at radius 1 is 1.40 bits per heavy atom. The molecule has 0 aliphatic carbocycles. The SMILES string of the molecule is C=CCCCC/C=C(\[NH-])C(=O)OCC.[Ac]. The maximum Gasteiger partial charge on any atom is 0.315 e. The van der Waals surface area contributed by atoms with Gasteiger partial charge in [0.2, 0.25) is 0 Å². The van der Waals surface area contributed by atoms with Crippen LogP contribution in [0.3, 0.4) is 0 Å². The molecule has 1 N–H and O–H groups in total. The van der Waals surface area contributed by atoms with E-state index in [0.29, 0.717) is 6.61 Å². The second-order valence-corrected chi connectivity index (χ2v) is 2.91. The van der Waals surface area contributed by atoms with Crippen LogP contribution in [0.25, 0.3) is 5.73 Å². The fourth-order valence-corrected chi connectivity index (χ4v) is 0.972. The summed E-state index contributed by atoms with van der Waals surface area (Å²) in [5.74, 6) is -0.531. The quantitative estimate of drug-likeness (QED) is 0.273. The Kier molecular flexibility index (Phi) is 14.4. The second kappa shape index (κ2) is 12.3. The van der Waals surface area contributed by atoms with Gasteiger partial charge in [0, 0.05) is 44.1 Å². The van der Waals surface area contributed by atoms with Crippen molar-refractivity contribution in [2.75, 3.05) is 6.61 Å². The van der Waals surface area contributed by atoms with Crippen molar-refractivity contribution in [2.45, 2.75) is 32.6 Å². The van der Waals surface area contributed by atoms with Gasteiger partial charge in [-0.2, -0.15) is 0 Å². The van der Waals surface area contributed by atoms with Crippen LogP contribution >= 0.6 is 0 Å². The summed E-state index contributed by atoms with van der Waals surface area (Å²) in [6, 6.07) is 0. The van der Waals surface area contributed by atoms with E-state index in [1.165, 1.54) is 0 Å². The number of carbonyl (C=O) groups excluding carboxylic acids is 1. The molecule has 0 aromatic heterocycles. The van der Waals surface area contributed by atoms with Gasteiger partial charge in [-0.1, -0.05) is 17.8 Å². The van der Waals surface area contributed by atoms with Gasteiger partial charge in [-0.15, -0.1) is 6.58 Å². The van der Waals surface area contributed by atoms with Gasteiger partial charge in [-0.25, -0.2) is 4.79 Å². The largest absolute Gasteiger partial charge is 0.693 e. The average Bonchev–Trinajstić information content (AvgIpc) is 2.17. The van der Waals surface area contributed by atoms with Crippen molar-refractivity contribution in [2.24, 2.45) is 0 Å². The molecule has 0 aliphatic heterocycles. The van der Waals surface area contributed by atoms with Crippen LogP contribution in [0, 0.1) is 44.1 Å². The Morgan fingerprint density at radius 2 is 2.00 bits per heavy atom. The number of unbranched alkanes of at least 4 members (excludes halogenated alkanes) is 3. The maximum atomic E-state index is 11.0. The van der Waals surface area contributed by atoms with Crippen LogP contribution in [-0.4, -0.2) is 12.6 Å². The molecular weight excluding hydrogens is 405 g/mol. The van der Waals surface area contributed by atoms with Gasteiger partial charge in [0.1, 0.15) is 0 Å². The molecule has 0 atom stereocenters. The first-order valence-electron chi connectivity index (χ1n) is 4.92. The number of nitrogens with one attached hydrogen (secondary N) is 1.